The maximum Gasteiger partial charge on any atom is 0.253 e. The van der Waals surface area contributed by atoms with Gasteiger partial charge in [-0.05, 0) is 36.8 Å². The zero-order valence-corrected chi connectivity index (χ0v) is 11.2. The smallest absolute Gasteiger partial charge is 0.253 e. The zero-order valence-electron chi connectivity index (χ0n) is 10.5. The lowest BCUT2D eigenvalue weighted by molar-refractivity contribution is 0.0952. The number of pyridine rings is 1. The van der Waals surface area contributed by atoms with Crippen LogP contribution in [0.1, 0.15) is 21.6 Å². The highest BCUT2D eigenvalue weighted by Crippen LogP contribution is 2.17. The first-order valence-electron chi connectivity index (χ1n) is 5.81. The molecule has 0 fully saturated rings. The van der Waals surface area contributed by atoms with Crippen LogP contribution in [0.5, 0.6) is 0 Å². The van der Waals surface area contributed by atoms with E-state index in [0.717, 1.165) is 11.3 Å². The maximum absolute atomic E-state index is 12.0. The van der Waals surface area contributed by atoms with Gasteiger partial charge in [-0.3, -0.25) is 9.78 Å². The number of aryl methyl sites for hydroxylation is 1. The zero-order chi connectivity index (χ0) is 13.8. The van der Waals surface area contributed by atoms with Gasteiger partial charge < -0.3 is 11.1 Å². The highest BCUT2D eigenvalue weighted by Gasteiger charge is 2.09. The third-order valence-electron chi connectivity index (χ3n) is 2.69. The Morgan fingerprint density at radius 2 is 2.16 bits per heavy atom. The van der Waals surface area contributed by atoms with Crippen molar-refractivity contribution in [1.82, 2.24) is 10.3 Å². The van der Waals surface area contributed by atoms with Crippen molar-refractivity contribution in [3.63, 3.8) is 0 Å². The summed E-state index contributed by atoms with van der Waals surface area (Å²) in [5.41, 5.74) is 8.40. The van der Waals surface area contributed by atoms with Crippen LogP contribution in [0, 0.1) is 6.92 Å². The van der Waals surface area contributed by atoms with E-state index >= 15 is 0 Å². The van der Waals surface area contributed by atoms with Crippen LogP contribution >= 0.6 is 11.6 Å². The van der Waals surface area contributed by atoms with E-state index in [1.165, 1.54) is 0 Å². The van der Waals surface area contributed by atoms with Crippen LogP contribution in [0.15, 0.2) is 36.5 Å². The van der Waals surface area contributed by atoms with Crippen molar-refractivity contribution in [1.29, 1.82) is 0 Å². The second-order valence-electron chi connectivity index (χ2n) is 4.22. The van der Waals surface area contributed by atoms with E-state index in [4.69, 9.17) is 17.3 Å². The molecule has 2 rings (SSSR count). The molecule has 1 heterocycles. The van der Waals surface area contributed by atoms with E-state index in [0.29, 0.717) is 22.8 Å². The monoisotopic (exact) mass is 275 g/mol. The number of amides is 1. The van der Waals surface area contributed by atoms with Crippen LogP contribution in [-0.2, 0) is 6.54 Å². The molecule has 0 atom stereocenters. The molecule has 1 aromatic heterocycles. The second-order valence-corrected chi connectivity index (χ2v) is 4.66. The summed E-state index contributed by atoms with van der Waals surface area (Å²) >= 11 is 5.85. The first kappa shape index (κ1) is 13.4. The standard InChI is InChI=1S/C14H14ClN3O/c1-9-2-3-10(7-17-9)8-18-14(19)12-6-11(15)4-5-13(12)16/h2-7H,8,16H2,1H3,(H,18,19). The molecule has 0 aliphatic rings. The minimum Gasteiger partial charge on any atom is -0.398 e. The number of nitrogens with two attached hydrogens (primary N) is 1. The molecule has 98 valence electrons. The van der Waals surface area contributed by atoms with E-state index in [1.807, 2.05) is 19.1 Å². The molecule has 1 amide bonds. The van der Waals surface area contributed by atoms with Gasteiger partial charge in [0.1, 0.15) is 0 Å². The number of anilines is 1. The van der Waals surface area contributed by atoms with Gasteiger partial charge >= 0.3 is 0 Å². The maximum atomic E-state index is 12.0. The van der Waals surface area contributed by atoms with E-state index in [2.05, 4.69) is 10.3 Å². The molecular weight excluding hydrogens is 262 g/mol. The predicted molar refractivity (Wildman–Crippen MR) is 76.0 cm³/mol. The molecule has 2 aromatic rings. The normalized spacial score (nSPS) is 10.2. The molecule has 5 heteroatoms. The van der Waals surface area contributed by atoms with Crippen molar-refractivity contribution >= 4 is 23.2 Å². The summed E-state index contributed by atoms with van der Waals surface area (Å²) in [5.74, 6) is -0.249. The van der Waals surface area contributed by atoms with E-state index < -0.39 is 0 Å². The van der Waals surface area contributed by atoms with Gasteiger partial charge in [-0.15, -0.1) is 0 Å². The van der Waals surface area contributed by atoms with Crippen LogP contribution in [0.4, 0.5) is 5.69 Å². The number of nitrogen functional groups attached to an aromatic ring is 1. The third kappa shape index (κ3) is 3.45. The Bertz CT molecular complexity index is 596. The first-order chi connectivity index (χ1) is 9.06. The Morgan fingerprint density at radius 1 is 1.37 bits per heavy atom. The molecule has 0 unspecified atom stereocenters. The molecule has 0 saturated heterocycles. The van der Waals surface area contributed by atoms with Gasteiger partial charge in [0.2, 0.25) is 0 Å². The van der Waals surface area contributed by atoms with Crippen LogP contribution in [0.3, 0.4) is 0 Å². The number of rotatable bonds is 3. The number of benzene rings is 1. The number of nitrogens with zero attached hydrogens (tertiary/aromatic N) is 1. The molecule has 0 bridgehead atoms. The topological polar surface area (TPSA) is 68.0 Å². The highest BCUT2D eigenvalue weighted by molar-refractivity contribution is 6.31. The molecule has 0 aliphatic carbocycles. The van der Waals surface area contributed by atoms with Crippen molar-refractivity contribution in [2.24, 2.45) is 0 Å². The Hall–Kier alpha value is -2.07. The van der Waals surface area contributed by atoms with Crippen LogP contribution in [0.2, 0.25) is 5.02 Å². The van der Waals surface area contributed by atoms with Crippen molar-refractivity contribution in [2.45, 2.75) is 13.5 Å². The van der Waals surface area contributed by atoms with Crippen LogP contribution in [-0.4, -0.2) is 10.9 Å². The number of carbonyl (C=O) groups excluding carboxylic acids is 1. The Labute approximate surface area is 116 Å². The Morgan fingerprint density at radius 3 is 2.84 bits per heavy atom. The molecule has 0 saturated carbocycles. The average molecular weight is 276 g/mol. The molecular formula is C14H14ClN3O. The van der Waals surface area contributed by atoms with E-state index in [-0.39, 0.29) is 5.91 Å². The molecule has 1 aromatic carbocycles. The molecule has 0 spiro atoms. The lowest BCUT2D eigenvalue weighted by Crippen LogP contribution is -2.23. The number of carbonyl (C=O) groups is 1. The number of aromatic nitrogens is 1. The van der Waals surface area contributed by atoms with E-state index in [9.17, 15) is 4.79 Å². The van der Waals surface area contributed by atoms with Crippen molar-refractivity contribution < 1.29 is 4.79 Å². The number of halogens is 1. The highest BCUT2D eigenvalue weighted by atomic mass is 35.5. The van der Waals surface area contributed by atoms with Crippen molar-refractivity contribution in [2.75, 3.05) is 5.73 Å². The Balaban J connectivity index is 2.05. The third-order valence-corrected chi connectivity index (χ3v) is 2.92. The van der Waals surface area contributed by atoms with Gasteiger partial charge in [0, 0.05) is 29.1 Å². The van der Waals surface area contributed by atoms with Gasteiger partial charge in [-0.25, -0.2) is 0 Å². The molecule has 0 radical (unpaired) electrons. The predicted octanol–water partition coefficient (Wildman–Crippen LogP) is 2.56. The molecule has 0 aliphatic heterocycles. The SMILES string of the molecule is Cc1ccc(CNC(=O)c2cc(Cl)ccc2N)cn1. The van der Waals surface area contributed by atoms with E-state index in [1.54, 1.807) is 24.4 Å². The lowest BCUT2D eigenvalue weighted by atomic mass is 10.1. The van der Waals surface area contributed by atoms with Gasteiger partial charge in [-0.1, -0.05) is 17.7 Å². The van der Waals surface area contributed by atoms with Gasteiger partial charge in [0.15, 0.2) is 0 Å². The van der Waals surface area contributed by atoms with Gasteiger partial charge in [0.05, 0.1) is 5.56 Å². The number of hydrogen-bond donors (Lipinski definition) is 2. The first-order valence-corrected chi connectivity index (χ1v) is 6.19. The Kier molecular flexibility index (Phi) is 4.02. The fraction of sp³-hybridized carbons (Fsp3) is 0.143. The molecule has 3 N–H and O–H groups in total. The minimum atomic E-state index is -0.249. The lowest BCUT2D eigenvalue weighted by Gasteiger charge is -2.08. The van der Waals surface area contributed by atoms with Crippen molar-refractivity contribution in [3.8, 4) is 0 Å². The van der Waals surface area contributed by atoms with Gasteiger partial charge in [-0.2, -0.15) is 0 Å². The van der Waals surface area contributed by atoms with Crippen LogP contribution in [0.25, 0.3) is 0 Å². The number of nitrogens with one attached hydrogen (secondary N) is 1. The number of hydrogen-bond acceptors (Lipinski definition) is 3. The minimum absolute atomic E-state index is 0.249. The van der Waals surface area contributed by atoms with Gasteiger partial charge in [0.25, 0.3) is 5.91 Å². The van der Waals surface area contributed by atoms with Crippen molar-refractivity contribution in [3.05, 3.63) is 58.4 Å². The average Bonchev–Trinajstić information content (AvgIpc) is 2.40. The summed E-state index contributed by atoms with van der Waals surface area (Å²) in [7, 11) is 0. The summed E-state index contributed by atoms with van der Waals surface area (Å²) in [6.07, 6.45) is 1.73. The quantitative estimate of drug-likeness (QED) is 0.846. The summed E-state index contributed by atoms with van der Waals surface area (Å²) in [5, 5.41) is 3.27. The largest absolute Gasteiger partial charge is 0.398 e. The summed E-state index contributed by atoms with van der Waals surface area (Å²) in [4.78, 5) is 16.2. The summed E-state index contributed by atoms with van der Waals surface area (Å²) < 4.78 is 0. The summed E-state index contributed by atoms with van der Waals surface area (Å²) in [6.45, 7) is 2.31. The summed E-state index contributed by atoms with van der Waals surface area (Å²) in [6, 6.07) is 8.64. The fourth-order valence-corrected chi connectivity index (χ4v) is 1.78. The molecule has 4 nitrogen and oxygen atoms in total. The second kappa shape index (κ2) is 5.71. The van der Waals surface area contributed by atoms with Crippen LogP contribution < -0.4 is 11.1 Å². The fourth-order valence-electron chi connectivity index (χ4n) is 1.61. The molecule has 19 heavy (non-hydrogen) atoms.